The summed E-state index contributed by atoms with van der Waals surface area (Å²) in [6.07, 6.45) is 0. The first-order chi connectivity index (χ1) is 8.20. The fourth-order valence-electron chi connectivity index (χ4n) is 2.14. The number of piperazine rings is 1. The number of ether oxygens (including phenoxy) is 1. The maximum absolute atomic E-state index is 9.76. The number of hydrogen-bond acceptors (Lipinski definition) is 4. The number of aromatic hydroxyl groups is 1. The quantitative estimate of drug-likeness (QED) is 0.825. The largest absolute Gasteiger partial charge is 0.508 e. The van der Waals surface area contributed by atoms with Gasteiger partial charge in [-0.15, -0.1) is 0 Å². The Labute approximate surface area is 102 Å². The standard InChI is InChI=1S/C13H20N2O2/c1-10-7-13(17-2)11(8-12(10)16)9-15-5-3-14-4-6-15/h7-8,14,16H,3-6,9H2,1-2H3. The van der Waals surface area contributed by atoms with Crippen LogP contribution in [0.1, 0.15) is 11.1 Å². The maximum atomic E-state index is 9.76. The van der Waals surface area contributed by atoms with E-state index in [9.17, 15) is 5.11 Å². The van der Waals surface area contributed by atoms with E-state index >= 15 is 0 Å². The molecule has 1 saturated heterocycles. The molecule has 1 aromatic carbocycles. The number of phenols is 1. The van der Waals surface area contributed by atoms with Crippen LogP contribution >= 0.6 is 0 Å². The fraction of sp³-hybridized carbons (Fsp3) is 0.538. The Morgan fingerprint density at radius 2 is 2.06 bits per heavy atom. The molecular weight excluding hydrogens is 216 g/mol. The third-order valence-corrected chi connectivity index (χ3v) is 3.20. The molecule has 1 fully saturated rings. The molecule has 1 aliphatic rings. The van der Waals surface area contributed by atoms with Gasteiger partial charge in [0.2, 0.25) is 0 Å². The van der Waals surface area contributed by atoms with Crippen molar-refractivity contribution in [3.8, 4) is 11.5 Å². The van der Waals surface area contributed by atoms with Crippen molar-refractivity contribution in [2.75, 3.05) is 33.3 Å². The molecule has 4 nitrogen and oxygen atoms in total. The van der Waals surface area contributed by atoms with Gasteiger partial charge in [-0.1, -0.05) is 0 Å². The van der Waals surface area contributed by atoms with Gasteiger partial charge in [0.15, 0.2) is 0 Å². The summed E-state index contributed by atoms with van der Waals surface area (Å²) < 4.78 is 5.37. The minimum atomic E-state index is 0.343. The van der Waals surface area contributed by atoms with Gasteiger partial charge in [-0.05, 0) is 24.6 Å². The number of benzene rings is 1. The van der Waals surface area contributed by atoms with E-state index in [1.807, 2.05) is 19.1 Å². The van der Waals surface area contributed by atoms with Gasteiger partial charge in [-0.25, -0.2) is 0 Å². The van der Waals surface area contributed by atoms with Crippen LogP contribution in [0.4, 0.5) is 0 Å². The van der Waals surface area contributed by atoms with Gasteiger partial charge in [0.1, 0.15) is 11.5 Å². The maximum Gasteiger partial charge on any atom is 0.123 e. The average Bonchev–Trinajstić information content (AvgIpc) is 2.35. The van der Waals surface area contributed by atoms with Gasteiger partial charge in [0, 0.05) is 38.3 Å². The van der Waals surface area contributed by atoms with E-state index in [1.54, 1.807) is 7.11 Å². The summed E-state index contributed by atoms with van der Waals surface area (Å²) in [5, 5.41) is 13.1. The molecule has 4 heteroatoms. The van der Waals surface area contributed by atoms with E-state index in [0.29, 0.717) is 5.75 Å². The lowest BCUT2D eigenvalue weighted by Gasteiger charge is -2.27. The molecular formula is C13H20N2O2. The Hall–Kier alpha value is -1.26. The van der Waals surface area contributed by atoms with Crippen molar-refractivity contribution >= 4 is 0 Å². The van der Waals surface area contributed by atoms with Crippen molar-refractivity contribution in [2.24, 2.45) is 0 Å². The third kappa shape index (κ3) is 2.90. The molecule has 0 aliphatic carbocycles. The van der Waals surface area contributed by atoms with Crippen molar-refractivity contribution in [1.82, 2.24) is 10.2 Å². The summed E-state index contributed by atoms with van der Waals surface area (Å²) in [4.78, 5) is 2.36. The Morgan fingerprint density at radius 1 is 1.35 bits per heavy atom. The highest BCUT2D eigenvalue weighted by Gasteiger charge is 2.14. The monoisotopic (exact) mass is 236 g/mol. The molecule has 1 heterocycles. The van der Waals surface area contributed by atoms with Crippen LogP contribution in [0, 0.1) is 6.92 Å². The zero-order valence-corrected chi connectivity index (χ0v) is 10.5. The fourth-order valence-corrected chi connectivity index (χ4v) is 2.14. The van der Waals surface area contributed by atoms with E-state index < -0.39 is 0 Å². The van der Waals surface area contributed by atoms with Crippen LogP contribution in [0.15, 0.2) is 12.1 Å². The predicted molar refractivity (Wildman–Crippen MR) is 67.5 cm³/mol. The summed E-state index contributed by atoms with van der Waals surface area (Å²) in [5.74, 6) is 1.20. The van der Waals surface area contributed by atoms with Crippen molar-refractivity contribution in [1.29, 1.82) is 0 Å². The molecule has 0 aromatic heterocycles. The SMILES string of the molecule is COc1cc(C)c(O)cc1CN1CCNCC1. The number of methoxy groups -OCH3 is 1. The molecule has 1 aromatic rings. The van der Waals surface area contributed by atoms with Gasteiger partial charge >= 0.3 is 0 Å². The molecule has 17 heavy (non-hydrogen) atoms. The van der Waals surface area contributed by atoms with Gasteiger partial charge in [-0.2, -0.15) is 0 Å². The topological polar surface area (TPSA) is 44.7 Å². The van der Waals surface area contributed by atoms with E-state index in [2.05, 4.69) is 10.2 Å². The van der Waals surface area contributed by atoms with Crippen molar-refractivity contribution in [3.05, 3.63) is 23.3 Å². The first-order valence-electron chi connectivity index (χ1n) is 6.00. The van der Waals surface area contributed by atoms with Gasteiger partial charge in [0.25, 0.3) is 0 Å². The Bertz CT molecular complexity index is 387. The van der Waals surface area contributed by atoms with Gasteiger partial charge in [0.05, 0.1) is 7.11 Å². The smallest absolute Gasteiger partial charge is 0.123 e. The highest BCUT2D eigenvalue weighted by Crippen LogP contribution is 2.28. The zero-order valence-electron chi connectivity index (χ0n) is 10.5. The van der Waals surface area contributed by atoms with Crippen LogP contribution in [0.25, 0.3) is 0 Å². The molecule has 0 atom stereocenters. The van der Waals surface area contributed by atoms with E-state index in [1.165, 1.54) is 0 Å². The third-order valence-electron chi connectivity index (χ3n) is 3.20. The molecule has 2 N–H and O–H groups in total. The van der Waals surface area contributed by atoms with Crippen LogP contribution in [-0.2, 0) is 6.54 Å². The minimum absolute atomic E-state index is 0.343. The van der Waals surface area contributed by atoms with E-state index in [4.69, 9.17) is 4.74 Å². The van der Waals surface area contributed by atoms with Crippen LogP contribution in [0.3, 0.4) is 0 Å². The average molecular weight is 236 g/mol. The normalized spacial score (nSPS) is 17.1. The number of hydrogen-bond donors (Lipinski definition) is 2. The van der Waals surface area contributed by atoms with Gasteiger partial charge < -0.3 is 15.2 Å². The molecule has 2 rings (SSSR count). The van der Waals surface area contributed by atoms with Crippen LogP contribution in [0.2, 0.25) is 0 Å². The first-order valence-corrected chi connectivity index (χ1v) is 6.00. The number of rotatable bonds is 3. The number of nitrogens with zero attached hydrogens (tertiary/aromatic N) is 1. The van der Waals surface area contributed by atoms with Crippen LogP contribution in [-0.4, -0.2) is 43.3 Å². The number of phenolic OH excluding ortho intramolecular Hbond substituents is 1. The van der Waals surface area contributed by atoms with Crippen LogP contribution < -0.4 is 10.1 Å². The van der Waals surface area contributed by atoms with E-state index in [0.717, 1.165) is 49.6 Å². The van der Waals surface area contributed by atoms with Crippen LogP contribution in [0.5, 0.6) is 11.5 Å². The van der Waals surface area contributed by atoms with E-state index in [-0.39, 0.29) is 0 Å². The predicted octanol–water partition coefficient (Wildman–Crippen LogP) is 1.11. The Balaban J connectivity index is 2.15. The summed E-state index contributed by atoms with van der Waals surface area (Å²) >= 11 is 0. The lowest BCUT2D eigenvalue weighted by atomic mass is 10.1. The number of aryl methyl sites for hydroxylation is 1. The second-order valence-electron chi connectivity index (χ2n) is 4.48. The molecule has 0 saturated carbocycles. The lowest BCUT2D eigenvalue weighted by Crippen LogP contribution is -2.42. The van der Waals surface area contributed by atoms with Crippen molar-refractivity contribution in [2.45, 2.75) is 13.5 Å². The Morgan fingerprint density at radius 3 is 2.71 bits per heavy atom. The second kappa shape index (κ2) is 5.38. The van der Waals surface area contributed by atoms with Crippen molar-refractivity contribution in [3.63, 3.8) is 0 Å². The molecule has 0 amide bonds. The second-order valence-corrected chi connectivity index (χ2v) is 4.48. The molecule has 94 valence electrons. The molecule has 0 bridgehead atoms. The highest BCUT2D eigenvalue weighted by atomic mass is 16.5. The summed E-state index contributed by atoms with van der Waals surface area (Å²) in [7, 11) is 1.67. The molecule has 1 aliphatic heterocycles. The summed E-state index contributed by atoms with van der Waals surface area (Å²) in [6, 6.07) is 3.71. The van der Waals surface area contributed by atoms with Crippen molar-refractivity contribution < 1.29 is 9.84 Å². The molecule has 0 spiro atoms. The zero-order chi connectivity index (χ0) is 12.3. The Kier molecular flexibility index (Phi) is 3.86. The minimum Gasteiger partial charge on any atom is -0.508 e. The molecule has 0 unspecified atom stereocenters. The van der Waals surface area contributed by atoms with Gasteiger partial charge in [-0.3, -0.25) is 4.90 Å². The molecule has 0 radical (unpaired) electrons. The highest BCUT2D eigenvalue weighted by molar-refractivity contribution is 5.45. The summed E-state index contributed by atoms with van der Waals surface area (Å²) in [6.45, 7) is 6.85. The lowest BCUT2D eigenvalue weighted by molar-refractivity contribution is 0.230. The summed E-state index contributed by atoms with van der Waals surface area (Å²) in [5.41, 5.74) is 1.91. The first kappa shape index (κ1) is 12.2. The number of nitrogens with one attached hydrogen (secondary N) is 1.